The summed E-state index contributed by atoms with van der Waals surface area (Å²) in [5.41, 5.74) is 10.7. The smallest absolute Gasteiger partial charge is 0.170 e. The maximum Gasteiger partial charge on any atom is 0.170 e. The first-order valence-electron chi connectivity index (χ1n) is 11.0. The van der Waals surface area contributed by atoms with Crippen molar-refractivity contribution in [1.29, 1.82) is 0 Å². The maximum absolute atomic E-state index is 13.5. The molecule has 3 aromatic rings. The second-order valence-electron chi connectivity index (χ2n) is 9.18. The second-order valence-corrected chi connectivity index (χ2v) is 9.18. The van der Waals surface area contributed by atoms with E-state index in [1.54, 1.807) is 0 Å². The van der Waals surface area contributed by atoms with Gasteiger partial charge in [-0.1, -0.05) is 65.6 Å². The van der Waals surface area contributed by atoms with Crippen LogP contribution < -0.4 is 9.47 Å². The average Bonchev–Trinajstić information content (AvgIpc) is 2.98. The molecule has 3 heteroatoms. The summed E-state index contributed by atoms with van der Waals surface area (Å²) in [6, 6.07) is 13.0. The van der Waals surface area contributed by atoms with Gasteiger partial charge in [0.2, 0.25) is 0 Å². The van der Waals surface area contributed by atoms with Crippen molar-refractivity contribution in [3.8, 4) is 33.8 Å². The van der Waals surface area contributed by atoms with Crippen molar-refractivity contribution in [1.82, 2.24) is 0 Å². The van der Waals surface area contributed by atoms with Crippen LogP contribution in [0.2, 0.25) is 0 Å². The van der Waals surface area contributed by atoms with Gasteiger partial charge in [-0.3, -0.25) is 4.79 Å². The van der Waals surface area contributed by atoms with Crippen LogP contribution >= 0.6 is 0 Å². The van der Waals surface area contributed by atoms with Crippen LogP contribution in [0.4, 0.5) is 0 Å². The number of carbonyl (C=O) groups excluding carboxylic acids is 1. The lowest BCUT2D eigenvalue weighted by Gasteiger charge is -2.27. The van der Waals surface area contributed by atoms with Crippen LogP contribution in [-0.2, 0) is 6.42 Å². The van der Waals surface area contributed by atoms with Crippen molar-refractivity contribution in [3.05, 3.63) is 69.8 Å². The molecule has 0 radical (unpaired) electrons. The number of carbonyl (C=O) groups is 1. The van der Waals surface area contributed by atoms with Gasteiger partial charge in [0, 0.05) is 22.6 Å². The molecule has 1 aliphatic heterocycles. The zero-order chi connectivity index (χ0) is 21.9. The lowest BCUT2D eigenvalue weighted by atomic mass is 9.86. The topological polar surface area (TPSA) is 35.5 Å². The summed E-state index contributed by atoms with van der Waals surface area (Å²) >= 11 is 0. The van der Waals surface area contributed by atoms with Crippen LogP contribution in [0, 0.1) is 33.6 Å². The Morgan fingerprint density at radius 1 is 0.677 bits per heavy atom. The highest BCUT2D eigenvalue weighted by molar-refractivity contribution is 6.12. The minimum Gasteiger partial charge on any atom is -0.485 e. The van der Waals surface area contributed by atoms with Gasteiger partial charge in [-0.25, -0.2) is 0 Å². The normalized spacial score (nSPS) is 17.1. The van der Waals surface area contributed by atoms with Gasteiger partial charge in [-0.05, 0) is 50.8 Å². The number of fused-ring (bicyclic) bond motifs is 2. The number of benzene rings is 3. The van der Waals surface area contributed by atoms with Crippen LogP contribution in [-0.4, -0.2) is 19.0 Å². The largest absolute Gasteiger partial charge is 0.485 e. The van der Waals surface area contributed by atoms with E-state index in [1.165, 1.54) is 22.3 Å². The number of Topliss-reactive ketones (excluding diaryl/α,β-unsaturated/α-hetero) is 1. The molecule has 1 atom stereocenters. The Kier molecular flexibility index (Phi) is 4.65. The zero-order valence-electron chi connectivity index (χ0n) is 18.9. The summed E-state index contributed by atoms with van der Waals surface area (Å²) in [6.07, 6.45) is 0.727. The van der Waals surface area contributed by atoms with E-state index in [9.17, 15) is 4.79 Å². The molecule has 5 rings (SSSR count). The fraction of sp³-hybridized carbons (Fsp3) is 0.321. The van der Waals surface area contributed by atoms with Crippen LogP contribution in [0.25, 0.3) is 22.3 Å². The molecule has 2 aliphatic rings. The Morgan fingerprint density at radius 3 is 1.65 bits per heavy atom. The van der Waals surface area contributed by atoms with Crippen molar-refractivity contribution < 1.29 is 14.3 Å². The lowest BCUT2D eigenvalue weighted by Crippen LogP contribution is -2.18. The van der Waals surface area contributed by atoms with Crippen LogP contribution in [0.3, 0.4) is 0 Å². The molecule has 3 aromatic carbocycles. The predicted octanol–water partition coefficient (Wildman–Crippen LogP) is 6.40. The zero-order valence-corrected chi connectivity index (χ0v) is 18.9. The fourth-order valence-electron chi connectivity index (χ4n) is 5.26. The van der Waals surface area contributed by atoms with Gasteiger partial charge in [0.1, 0.15) is 13.2 Å². The summed E-state index contributed by atoms with van der Waals surface area (Å²) in [5.74, 6) is 1.65. The predicted molar refractivity (Wildman–Crippen MR) is 124 cm³/mol. The van der Waals surface area contributed by atoms with Gasteiger partial charge in [0.15, 0.2) is 17.3 Å². The highest BCUT2D eigenvalue weighted by Crippen LogP contribution is 2.54. The SMILES string of the molecule is Cc1cc(C)cc(-c2c3c(c(-c4cc(C)cc(C)c4)c4c2OCCO4)C(=O)C(C)C3)c1. The van der Waals surface area contributed by atoms with Crippen molar-refractivity contribution in [2.24, 2.45) is 5.92 Å². The third-order valence-corrected chi connectivity index (χ3v) is 6.32. The molecule has 0 amide bonds. The number of rotatable bonds is 2. The summed E-state index contributed by atoms with van der Waals surface area (Å²) < 4.78 is 12.5. The molecule has 1 heterocycles. The molecule has 1 unspecified atom stereocenters. The molecule has 3 nitrogen and oxygen atoms in total. The third-order valence-electron chi connectivity index (χ3n) is 6.32. The Bertz CT molecular complexity index is 1200. The molecule has 0 N–H and O–H groups in total. The van der Waals surface area contributed by atoms with E-state index in [2.05, 4.69) is 64.1 Å². The monoisotopic (exact) mass is 412 g/mol. The molecule has 0 saturated carbocycles. The number of aryl methyl sites for hydroxylation is 4. The fourth-order valence-corrected chi connectivity index (χ4v) is 5.26. The molecular weight excluding hydrogens is 384 g/mol. The summed E-state index contributed by atoms with van der Waals surface area (Å²) in [4.78, 5) is 13.5. The lowest BCUT2D eigenvalue weighted by molar-refractivity contribution is 0.0946. The van der Waals surface area contributed by atoms with Gasteiger partial charge >= 0.3 is 0 Å². The Hall–Kier alpha value is -3.07. The first kappa shape index (κ1) is 19.9. The van der Waals surface area contributed by atoms with Crippen LogP contribution in [0.15, 0.2) is 36.4 Å². The van der Waals surface area contributed by atoms with Crippen LogP contribution in [0.1, 0.15) is 45.1 Å². The van der Waals surface area contributed by atoms with Crippen LogP contribution in [0.5, 0.6) is 11.5 Å². The summed E-state index contributed by atoms with van der Waals surface area (Å²) in [7, 11) is 0. The maximum atomic E-state index is 13.5. The Balaban J connectivity index is 1.91. The first-order valence-corrected chi connectivity index (χ1v) is 11.0. The number of hydrogen-bond donors (Lipinski definition) is 0. The molecule has 0 spiro atoms. The van der Waals surface area contributed by atoms with Crippen molar-refractivity contribution in [3.63, 3.8) is 0 Å². The second kappa shape index (κ2) is 7.26. The number of hydrogen-bond acceptors (Lipinski definition) is 3. The van der Waals surface area contributed by atoms with E-state index in [4.69, 9.17) is 9.47 Å². The van der Waals surface area contributed by atoms with Crippen molar-refractivity contribution in [2.45, 2.75) is 41.0 Å². The molecule has 158 valence electrons. The molecule has 0 aromatic heterocycles. The highest BCUT2D eigenvalue weighted by atomic mass is 16.6. The Labute approximate surface area is 184 Å². The number of ketones is 1. The van der Waals surface area contributed by atoms with E-state index in [0.717, 1.165) is 45.6 Å². The van der Waals surface area contributed by atoms with Crippen molar-refractivity contribution >= 4 is 5.78 Å². The molecule has 0 bridgehead atoms. The molecular formula is C28H28O3. The van der Waals surface area contributed by atoms with Gasteiger partial charge in [0.05, 0.1) is 0 Å². The molecule has 0 fully saturated rings. The van der Waals surface area contributed by atoms with Gasteiger partial charge in [0.25, 0.3) is 0 Å². The minimum absolute atomic E-state index is 0.0480. The van der Waals surface area contributed by atoms with E-state index < -0.39 is 0 Å². The molecule has 31 heavy (non-hydrogen) atoms. The Morgan fingerprint density at radius 2 is 1.13 bits per heavy atom. The molecule has 0 saturated heterocycles. The van der Waals surface area contributed by atoms with Gasteiger partial charge in [-0.15, -0.1) is 0 Å². The van der Waals surface area contributed by atoms with Gasteiger partial charge in [-0.2, -0.15) is 0 Å². The minimum atomic E-state index is -0.0480. The third kappa shape index (κ3) is 3.23. The average molecular weight is 413 g/mol. The molecule has 1 aliphatic carbocycles. The first-order chi connectivity index (χ1) is 14.8. The van der Waals surface area contributed by atoms with Crippen molar-refractivity contribution in [2.75, 3.05) is 13.2 Å². The number of ether oxygens (including phenoxy) is 2. The van der Waals surface area contributed by atoms with E-state index in [-0.39, 0.29) is 11.7 Å². The van der Waals surface area contributed by atoms with E-state index in [0.29, 0.717) is 19.0 Å². The van der Waals surface area contributed by atoms with Gasteiger partial charge < -0.3 is 9.47 Å². The van der Waals surface area contributed by atoms with E-state index >= 15 is 0 Å². The summed E-state index contributed by atoms with van der Waals surface area (Å²) in [5, 5.41) is 0. The standard InChI is InChI=1S/C28H28O3/c1-15-8-16(2)11-20(10-15)23-22-14-19(5)26(29)25(22)24(28-27(23)30-6-7-31-28)21-12-17(3)9-18(4)13-21/h8-13,19H,6-7,14H2,1-5H3. The quantitative estimate of drug-likeness (QED) is 0.488. The highest BCUT2D eigenvalue weighted by Gasteiger charge is 2.38. The summed E-state index contributed by atoms with van der Waals surface area (Å²) in [6.45, 7) is 11.4. The van der Waals surface area contributed by atoms with E-state index in [1.807, 2.05) is 6.92 Å².